The number of hydrogen-bond acceptors (Lipinski definition) is 6. The van der Waals surface area contributed by atoms with Crippen molar-refractivity contribution in [3.63, 3.8) is 0 Å². The Kier molecular flexibility index (Phi) is 5.79. The third-order valence-electron chi connectivity index (χ3n) is 8.07. The standard InChI is InChI=1S/C38H20N6/c39-19-27-3-1-13-41-37(27)33-11-9-29(21-43-33)31-15-23-5-7-25-17-32(18-26-8-6-24(16-31)35(23)36(25)26)30-10-12-34(44-22-30)38-28(20-40)4-2-14-42-38/h1-18,21-22H. The fraction of sp³-hybridized carbons (Fsp3) is 0. The molecule has 0 radical (unpaired) electrons. The number of rotatable bonds is 4. The monoisotopic (exact) mass is 560 g/mol. The second-order valence-corrected chi connectivity index (χ2v) is 10.6. The van der Waals surface area contributed by atoms with Gasteiger partial charge in [0.15, 0.2) is 0 Å². The van der Waals surface area contributed by atoms with Gasteiger partial charge in [-0.1, -0.05) is 36.4 Å². The van der Waals surface area contributed by atoms with E-state index in [1.54, 1.807) is 36.7 Å². The van der Waals surface area contributed by atoms with Gasteiger partial charge in [0.1, 0.15) is 23.5 Å². The molecule has 0 aliphatic carbocycles. The molecule has 4 aromatic heterocycles. The van der Waals surface area contributed by atoms with Gasteiger partial charge in [-0.25, -0.2) is 0 Å². The molecular weight excluding hydrogens is 540 g/mol. The van der Waals surface area contributed by atoms with E-state index in [0.29, 0.717) is 33.9 Å². The van der Waals surface area contributed by atoms with E-state index in [-0.39, 0.29) is 0 Å². The van der Waals surface area contributed by atoms with Crippen molar-refractivity contribution < 1.29 is 0 Å². The molecule has 8 aromatic rings. The van der Waals surface area contributed by atoms with Crippen LogP contribution in [-0.2, 0) is 0 Å². The Morgan fingerprint density at radius 2 is 0.841 bits per heavy atom. The summed E-state index contributed by atoms with van der Waals surface area (Å²) in [6.45, 7) is 0. The van der Waals surface area contributed by atoms with Crippen molar-refractivity contribution in [2.24, 2.45) is 0 Å². The maximum atomic E-state index is 9.45. The second kappa shape index (κ2) is 10.1. The predicted molar refractivity (Wildman–Crippen MR) is 172 cm³/mol. The van der Waals surface area contributed by atoms with Gasteiger partial charge in [-0.15, -0.1) is 0 Å². The summed E-state index contributed by atoms with van der Waals surface area (Å²) in [7, 11) is 0. The van der Waals surface area contributed by atoms with Crippen molar-refractivity contribution in [1.29, 1.82) is 10.5 Å². The molecule has 0 fully saturated rings. The van der Waals surface area contributed by atoms with Crippen LogP contribution in [0.15, 0.2) is 122 Å². The molecule has 6 heteroatoms. The van der Waals surface area contributed by atoms with Crippen molar-refractivity contribution in [3.8, 4) is 57.2 Å². The summed E-state index contributed by atoms with van der Waals surface area (Å²) in [6, 6.07) is 36.9. The third kappa shape index (κ3) is 4.10. The van der Waals surface area contributed by atoms with E-state index in [9.17, 15) is 10.5 Å². The summed E-state index contributed by atoms with van der Waals surface area (Å²) in [5.74, 6) is 0. The van der Waals surface area contributed by atoms with Crippen LogP contribution in [0.2, 0.25) is 0 Å². The van der Waals surface area contributed by atoms with Gasteiger partial charge in [0.2, 0.25) is 0 Å². The van der Waals surface area contributed by atoms with Crippen LogP contribution >= 0.6 is 0 Å². The fourth-order valence-corrected chi connectivity index (χ4v) is 5.98. The minimum atomic E-state index is 0.505. The molecule has 0 saturated carbocycles. The van der Waals surface area contributed by atoms with E-state index in [2.05, 4.69) is 80.6 Å². The average molecular weight is 561 g/mol. The molecule has 0 atom stereocenters. The van der Waals surface area contributed by atoms with Crippen LogP contribution < -0.4 is 0 Å². The fourth-order valence-electron chi connectivity index (χ4n) is 5.98. The number of nitrogens with zero attached hydrogens (tertiary/aromatic N) is 6. The summed E-state index contributed by atoms with van der Waals surface area (Å²) in [4.78, 5) is 18.0. The van der Waals surface area contributed by atoms with E-state index in [1.165, 1.54) is 32.3 Å². The molecular formula is C38H20N6. The molecule has 202 valence electrons. The summed E-state index contributed by atoms with van der Waals surface area (Å²) in [5.41, 5.74) is 7.69. The van der Waals surface area contributed by atoms with E-state index in [0.717, 1.165) is 22.3 Å². The van der Waals surface area contributed by atoms with E-state index < -0.39 is 0 Å². The van der Waals surface area contributed by atoms with Crippen molar-refractivity contribution >= 4 is 32.3 Å². The Labute approximate surface area is 252 Å². The van der Waals surface area contributed by atoms with Gasteiger partial charge in [0.05, 0.1) is 22.5 Å². The summed E-state index contributed by atoms with van der Waals surface area (Å²) in [5, 5.41) is 26.0. The number of benzene rings is 4. The van der Waals surface area contributed by atoms with Crippen molar-refractivity contribution in [2.75, 3.05) is 0 Å². The third-order valence-corrected chi connectivity index (χ3v) is 8.07. The molecule has 44 heavy (non-hydrogen) atoms. The first-order valence-corrected chi connectivity index (χ1v) is 14.1. The van der Waals surface area contributed by atoms with Gasteiger partial charge in [0, 0.05) is 35.9 Å². The zero-order valence-electron chi connectivity index (χ0n) is 23.2. The minimum absolute atomic E-state index is 0.505. The van der Waals surface area contributed by atoms with E-state index in [1.807, 2.05) is 36.7 Å². The lowest BCUT2D eigenvalue weighted by Gasteiger charge is -2.14. The molecule has 6 nitrogen and oxygen atoms in total. The molecule has 0 unspecified atom stereocenters. The molecule has 8 rings (SSSR count). The lowest BCUT2D eigenvalue weighted by Crippen LogP contribution is -1.92. The van der Waals surface area contributed by atoms with Gasteiger partial charge in [-0.2, -0.15) is 10.5 Å². The molecule has 0 bridgehead atoms. The highest BCUT2D eigenvalue weighted by molar-refractivity contribution is 6.24. The minimum Gasteiger partial charge on any atom is -0.254 e. The average Bonchev–Trinajstić information content (AvgIpc) is 3.10. The number of nitriles is 2. The van der Waals surface area contributed by atoms with Crippen LogP contribution in [0, 0.1) is 22.7 Å². The van der Waals surface area contributed by atoms with Crippen molar-refractivity contribution in [2.45, 2.75) is 0 Å². The van der Waals surface area contributed by atoms with E-state index in [4.69, 9.17) is 0 Å². The Morgan fingerprint density at radius 3 is 1.18 bits per heavy atom. The largest absolute Gasteiger partial charge is 0.254 e. The smallest absolute Gasteiger partial charge is 0.106 e. The highest BCUT2D eigenvalue weighted by Gasteiger charge is 2.14. The zero-order chi connectivity index (χ0) is 29.6. The molecule has 0 spiro atoms. The lowest BCUT2D eigenvalue weighted by atomic mass is 9.90. The molecule has 0 saturated heterocycles. The first kappa shape index (κ1) is 25.2. The van der Waals surface area contributed by atoms with Gasteiger partial charge >= 0.3 is 0 Å². The van der Waals surface area contributed by atoms with Crippen molar-refractivity contribution in [3.05, 3.63) is 133 Å². The van der Waals surface area contributed by atoms with Crippen LogP contribution in [0.4, 0.5) is 0 Å². The van der Waals surface area contributed by atoms with E-state index >= 15 is 0 Å². The van der Waals surface area contributed by atoms with Gasteiger partial charge in [-0.3, -0.25) is 19.9 Å². The second-order valence-electron chi connectivity index (χ2n) is 10.6. The molecule has 0 aliphatic rings. The van der Waals surface area contributed by atoms with Crippen molar-refractivity contribution in [1.82, 2.24) is 19.9 Å². The highest BCUT2D eigenvalue weighted by atomic mass is 14.8. The molecule has 0 amide bonds. The Hall–Kier alpha value is -6.50. The molecule has 4 aromatic carbocycles. The van der Waals surface area contributed by atoms with Crippen LogP contribution in [0.3, 0.4) is 0 Å². The van der Waals surface area contributed by atoms with Crippen LogP contribution in [0.1, 0.15) is 11.1 Å². The Balaban J connectivity index is 1.17. The number of pyridine rings is 4. The quantitative estimate of drug-likeness (QED) is 0.200. The highest BCUT2D eigenvalue weighted by Crippen LogP contribution is 2.39. The topological polar surface area (TPSA) is 99.1 Å². The van der Waals surface area contributed by atoms with Crippen LogP contribution in [-0.4, -0.2) is 19.9 Å². The summed E-state index contributed by atoms with van der Waals surface area (Å²) in [6.07, 6.45) is 7.05. The Morgan fingerprint density at radius 1 is 0.432 bits per heavy atom. The predicted octanol–water partition coefficient (Wildman–Crippen LogP) is 8.58. The summed E-state index contributed by atoms with van der Waals surface area (Å²) < 4.78 is 0. The molecule has 0 aliphatic heterocycles. The normalized spacial score (nSPS) is 11.1. The molecule has 0 N–H and O–H groups in total. The van der Waals surface area contributed by atoms with Gasteiger partial charge in [-0.05, 0) is 104 Å². The maximum absolute atomic E-state index is 9.45. The van der Waals surface area contributed by atoms with Gasteiger partial charge in [0.25, 0.3) is 0 Å². The Bertz CT molecular complexity index is 2210. The number of aromatic nitrogens is 4. The van der Waals surface area contributed by atoms with Crippen LogP contribution in [0.25, 0.3) is 77.3 Å². The van der Waals surface area contributed by atoms with Crippen LogP contribution in [0.5, 0.6) is 0 Å². The zero-order valence-corrected chi connectivity index (χ0v) is 23.2. The SMILES string of the molecule is N#Cc1cccnc1-c1ccc(-c2cc3ccc4cc(-c5ccc(-c6ncccc6C#N)nc5)cc5ccc(c2)c3c45)cn1. The first-order valence-electron chi connectivity index (χ1n) is 14.1. The molecule has 4 heterocycles. The van der Waals surface area contributed by atoms with Gasteiger partial charge < -0.3 is 0 Å². The summed E-state index contributed by atoms with van der Waals surface area (Å²) >= 11 is 0. The first-order chi connectivity index (χ1) is 21.7. The lowest BCUT2D eigenvalue weighted by molar-refractivity contribution is 1.23. The maximum Gasteiger partial charge on any atom is 0.106 e. The number of hydrogen-bond donors (Lipinski definition) is 0.